The van der Waals surface area contributed by atoms with Crippen molar-refractivity contribution >= 4 is 5.91 Å². The van der Waals surface area contributed by atoms with Gasteiger partial charge in [0.25, 0.3) is 0 Å². The second kappa shape index (κ2) is 5.36. The normalized spacial score (nSPS) is 29.1. The number of rotatable bonds is 2. The zero-order valence-electron chi connectivity index (χ0n) is 10.5. The molecule has 1 saturated carbocycles. The molecule has 3 N–H and O–H groups in total. The van der Waals surface area contributed by atoms with Crippen molar-refractivity contribution in [1.82, 2.24) is 4.90 Å². The van der Waals surface area contributed by atoms with Crippen molar-refractivity contribution in [3.63, 3.8) is 0 Å². The fourth-order valence-corrected chi connectivity index (χ4v) is 3.21. The number of carbonyl (C=O) groups is 1. The van der Waals surface area contributed by atoms with Crippen LogP contribution in [0, 0.1) is 5.41 Å². The third-order valence-corrected chi connectivity index (χ3v) is 4.34. The van der Waals surface area contributed by atoms with Crippen LogP contribution in [0.2, 0.25) is 0 Å². The number of nitrogens with two attached hydrogens (primary N) is 1. The average molecular weight is 240 g/mol. The average Bonchev–Trinajstić information content (AvgIpc) is 2.38. The Kier molecular flexibility index (Phi) is 4.05. The van der Waals surface area contributed by atoms with Crippen molar-refractivity contribution in [2.24, 2.45) is 11.1 Å². The summed E-state index contributed by atoms with van der Waals surface area (Å²) in [6.45, 7) is 1.75. The Morgan fingerprint density at radius 3 is 2.59 bits per heavy atom. The molecule has 1 saturated heterocycles. The van der Waals surface area contributed by atoms with Crippen LogP contribution < -0.4 is 5.73 Å². The van der Waals surface area contributed by atoms with E-state index in [1.54, 1.807) is 0 Å². The number of β-amino-alcohol motifs (C(OH)–C–C–N with tert-alkyl or cyclic N) is 1. The highest BCUT2D eigenvalue weighted by Crippen LogP contribution is 2.37. The number of hydrogen-bond acceptors (Lipinski definition) is 3. The fraction of sp³-hybridized carbons (Fsp3) is 0.923. The summed E-state index contributed by atoms with van der Waals surface area (Å²) in [4.78, 5) is 14.4. The van der Waals surface area contributed by atoms with Crippen LogP contribution in [0.3, 0.4) is 0 Å². The largest absolute Gasteiger partial charge is 0.391 e. The third-order valence-electron chi connectivity index (χ3n) is 4.34. The van der Waals surface area contributed by atoms with Crippen LogP contribution in [0.1, 0.15) is 44.9 Å². The zero-order chi connectivity index (χ0) is 12.3. The van der Waals surface area contributed by atoms with E-state index in [-0.39, 0.29) is 17.4 Å². The van der Waals surface area contributed by atoms with Gasteiger partial charge in [0, 0.05) is 19.6 Å². The van der Waals surface area contributed by atoms with Crippen LogP contribution >= 0.6 is 0 Å². The van der Waals surface area contributed by atoms with Gasteiger partial charge in [0.1, 0.15) is 0 Å². The molecule has 17 heavy (non-hydrogen) atoms. The summed E-state index contributed by atoms with van der Waals surface area (Å²) >= 11 is 0. The first kappa shape index (κ1) is 12.8. The summed E-state index contributed by atoms with van der Waals surface area (Å²) < 4.78 is 0. The number of amides is 1. The van der Waals surface area contributed by atoms with E-state index in [2.05, 4.69) is 0 Å². The van der Waals surface area contributed by atoms with Crippen LogP contribution in [-0.4, -0.2) is 41.7 Å². The van der Waals surface area contributed by atoms with E-state index in [1.165, 1.54) is 6.42 Å². The molecule has 2 rings (SSSR count). The molecule has 4 nitrogen and oxygen atoms in total. The number of piperidine rings is 1. The number of nitrogens with zero attached hydrogens (tertiary/aromatic N) is 1. The topological polar surface area (TPSA) is 66.6 Å². The molecule has 1 heterocycles. The van der Waals surface area contributed by atoms with Crippen molar-refractivity contribution < 1.29 is 9.90 Å². The SMILES string of the molecule is NCC1(C(=O)N2CCC[C@H](O)C2)CCCCC1. The van der Waals surface area contributed by atoms with Crippen molar-refractivity contribution in [3.8, 4) is 0 Å². The first-order chi connectivity index (χ1) is 8.18. The molecule has 1 atom stereocenters. The molecule has 2 fully saturated rings. The summed E-state index contributed by atoms with van der Waals surface area (Å²) in [5, 5.41) is 9.66. The minimum absolute atomic E-state index is 0.193. The van der Waals surface area contributed by atoms with E-state index in [1.807, 2.05) is 4.90 Å². The van der Waals surface area contributed by atoms with Gasteiger partial charge in [0.2, 0.25) is 5.91 Å². The smallest absolute Gasteiger partial charge is 0.230 e. The highest BCUT2D eigenvalue weighted by atomic mass is 16.3. The molecule has 0 radical (unpaired) electrons. The number of carbonyl (C=O) groups excluding carboxylic acids is 1. The lowest BCUT2D eigenvalue weighted by Gasteiger charge is -2.41. The Hall–Kier alpha value is -0.610. The predicted molar refractivity (Wildman–Crippen MR) is 66.4 cm³/mol. The van der Waals surface area contributed by atoms with E-state index < -0.39 is 0 Å². The van der Waals surface area contributed by atoms with Crippen LogP contribution in [-0.2, 0) is 4.79 Å². The summed E-state index contributed by atoms with van der Waals surface area (Å²) in [5.74, 6) is 0.193. The Balaban J connectivity index is 2.05. The van der Waals surface area contributed by atoms with E-state index in [0.717, 1.165) is 45.1 Å². The van der Waals surface area contributed by atoms with E-state index in [9.17, 15) is 9.90 Å². The molecule has 4 heteroatoms. The Bertz CT molecular complexity index is 275. The molecule has 1 aliphatic heterocycles. The molecule has 98 valence electrons. The van der Waals surface area contributed by atoms with Crippen molar-refractivity contribution in [3.05, 3.63) is 0 Å². The molecule has 0 unspecified atom stereocenters. The Morgan fingerprint density at radius 1 is 1.29 bits per heavy atom. The van der Waals surface area contributed by atoms with Crippen molar-refractivity contribution in [1.29, 1.82) is 0 Å². The standard InChI is InChI=1S/C13H24N2O2/c14-10-13(6-2-1-3-7-13)12(17)15-8-4-5-11(16)9-15/h11,16H,1-10,14H2/t11-/m0/s1. The van der Waals surface area contributed by atoms with Gasteiger partial charge in [-0.1, -0.05) is 19.3 Å². The lowest BCUT2D eigenvalue weighted by atomic mass is 9.73. The van der Waals surface area contributed by atoms with E-state index >= 15 is 0 Å². The quantitative estimate of drug-likeness (QED) is 0.753. The first-order valence-corrected chi connectivity index (χ1v) is 6.85. The highest BCUT2D eigenvalue weighted by Gasteiger charge is 2.41. The molecule has 1 amide bonds. The van der Waals surface area contributed by atoms with Gasteiger partial charge in [-0.25, -0.2) is 0 Å². The van der Waals surface area contributed by atoms with Gasteiger partial charge in [0.05, 0.1) is 11.5 Å². The van der Waals surface area contributed by atoms with Gasteiger partial charge in [0.15, 0.2) is 0 Å². The van der Waals surface area contributed by atoms with Crippen molar-refractivity contribution in [2.45, 2.75) is 51.0 Å². The fourth-order valence-electron chi connectivity index (χ4n) is 3.21. The molecular weight excluding hydrogens is 216 g/mol. The maximum absolute atomic E-state index is 12.6. The second-order valence-corrected chi connectivity index (χ2v) is 5.59. The zero-order valence-corrected chi connectivity index (χ0v) is 10.5. The number of hydrogen-bond donors (Lipinski definition) is 2. The number of aliphatic hydroxyl groups is 1. The van der Waals surface area contributed by atoms with Crippen LogP contribution in [0.4, 0.5) is 0 Å². The molecule has 0 bridgehead atoms. The second-order valence-electron chi connectivity index (χ2n) is 5.59. The molecule has 0 aromatic heterocycles. The van der Waals surface area contributed by atoms with Gasteiger partial charge < -0.3 is 15.7 Å². The number of aliphatic hydroxyl groups excluding tert-OH is 1. The molecule has 0 aromatic carbocycles. The van der Waals surface area contributed by atoms with Gasteiger partial charge in [-0.05, 0) is 25.7 Å². The molecular formula is C13H24N2O2. The van der Waals surface area contributed by atoms with Gasteiger partial charge >= 0.3 is 0 Å². The highest BCUT2D eigenvalue weighted by molar-refractivity contribution is 5.83. The van der Waals surface area contributed by atoms with Gasteiger partial charge in [-0.2, -0.15) is 0 Å². The monoisotopic (exact) mass is 240 g/mol. The summed E-state index contributed by atoms with van der Waals surface area (Å²) in [6, 6.07) is 0. The summed E-state index contributed by atoms with van der Waals surface area (Å²) in [7, 11) is 0. The first-order valence-electron chi connectivity index (χ1n) is 6.85. The predicted octanol–water partition coefficient (Wildman–Crippen LogP) is 0.879. The molecule has 2 aliphatic rings. The third kappa shape index (κ3) is 2.63. The minimum Gasteiger partial charge on any atom is -0.391 e. The molecule has 0 aromatic rings. The maximum Gasteiger partial charge on any atom is 0.230 e. The van der Waals surface area contributed by atoms with Crippen LogP contribution in [0.5, 0.6) is 0 Å². The lowest BCUT2D eigenvalue weighted by molar-refractivity contribution is -0.146. The van der Waals surface area contributed by atoms with Crippen molar-refractivity contribution in [2.75, 3.05) is 19.6 Å². The summed E-state index contributed by atoms with van der Waals surface area (Å²) in [6.07, 6.45) is 6.68. The van der Waals surface area contributed by atoms with E-state index in [4.69, 9.17) is 5.73 Å². The summed E-state index contributed by atoms with van der Waals surface area (Å²) in [5.41, 5.74) is 5.55. The Labute approximate surface area is 103 Å². The van der Waals surface area contributed by atoms with Gasteiger partial charge in [-0.15, -0.1) is 0 Å². The van der Waals surface area contributed by atoms with Crippen LogP contribution in [0.15, 0.2) is 0 Å². The van der Waals surface area contributed by atoms with Crippen LogP contribution in [0.25, 0.3) is 0 Å². The lowest BCUT2D eigenvalue weighted by Crippen LogP contribution is -2.52. The van der Waals surface area contributed by atoms with E-state index in [0.29, 0.717) is 13.1 Å². The molecule has 0 spiro atoms. The number of likely N-dealkylation sites (tertiary alicyclic amines) is 1. The Morgan fingerprint density at radius 2 is 2.00 bits per heavy atom. The maximum atomic E-state index is 12.6. The minimum atomic E-state index is -0.342. The van der Waals surface area contributed by atoms with Gasteiger partial charge in [-0.3, -0.25) is 4.79 Å². The molecule has 1 aliphatic carbocycles.